The van der Waals surface area contributed by atoms with Gasteiger partial charge in [-0.25, -0.2) is 0 Å². The molecule has 2 saturated carbocycles. The highest BCUT2D eigenvalue weighted by atomic mass is 16.4. The third kappa shape index (κ3) is 5.66. The van der Waals surface area contributed by atoms with Gasteiger partial charge in [0.25, 0.3) is 0 Å². The molecule has 2 atom stereocenters. The van der Waals surface area contributed by atoms with Crippen LogP contribution in [-0.2, 0) is 4.79 Å². The van der Waals surface area contributed by atoms with Gasteiger partial charge in [0.1, 0.15) is 0 Å². The number of carbonyl (C=O) groups is 1. The Kier molecular flexibility index (Phi) is 6.38. The molecular weight excluding hydrogens is 336 g/mol. The standard InChI is InChI=1S/C23H34N2O2/c1-16(13-17-7-5-4-6-8-17)20-14-21(20)25-19-11-9-18(10-12-19)24-15-23(2,3)22(26)27/h4-8,13,18-21,24-25H,9-12,14-15H2,1-3H3,(H,26,27)/b16-13+/t18-,19+,20-,21?/m0/s1. The molecule has 0 aliphatic heterocycles. The smallest absolute Gasteiger partial charge is 0.310 e. The number of benzene rings is 1. The van der Waals surface area contributed by atoms with Gasteiger partial charge in [-0.05, 0) is 64.4 Å². The first kappa shape index (κ1) is 20.1. The minimum atomic E-state index is -0.732. The van der Waals surface area contributed by atoms with E-state index in [0.29, 0.717) is 30.6 Å². The van der Waals surface area contributed by atoms with Crippen molar-refractivity contribution in [2.45, 2.75) is 71.0 Å². The molecule has 1 unspecified atom stereocenters. The Morgan fingerprint density at radius 3 is 2.41 bits per heavy atom. The number of rotatable bonds is 8. The van der Waals surface area contributed by atoms with Crippen LogP contribution in [0.4, 0.5) is 0 Å². The van der Waals surface area contributed by atoms with Crippen LogP contribution in [0, 0.1) is 11.3 Å². The van der Waals surface area contributed by atoms with Crippen LogP contribution < -0.4 is 10.6 Å². The molecule has 1 aromatic rings. The second-order valence-electron chi connectivity index (χ2n) is 9.03. The molecule has 2 aliphatic rings. The Bertz CT molecular complexity index is 660. The van der Waals surface area contributed by atoms with Crippen molar-refractivity contribution < 1.29 is 9.90 Å². The fourth-order valence-electron chi connectivity index (χ4n) is 4.04. The molecule has 0 saturated heterocycles. The van der Waals surface area contributed by atoms with Gasteiger partial charge in [0.15, 0.2) is 0 Å². The fraction of sp³-hybridized carbons (Fsp3) is 0.609. The van der Waals surface area contributed by atoms with Crippen LogP contribution in [0.3, 0.4) is 0 Å². The molecular formula is C23H34N2O2. The number of carboxylic acids is 1. The lowest BCUT2D eigenvalue weighted by atomic mass is 9.88. The number of hydrogen-bond donors (Lipinski definition) is 3. The van der Waals surface area contributed by atoms with Crippen LogP contribution in [-0.4, -0.2) is 35.7 Å². The summed E-state index contributed by atoms with van der Waals surface area (Å²) in [5.74, 6) is -0.0542. The fourth-order valence-corrected chi connectivity index (χ4v) is 4.04. The predicted octanol–water partition coefficient (Wildman–Crippen LogP) is 4.08. The molecule has 4 nitrogen and oxygen atoms in total. The van der Waals surface area contributed by atoms with E-state index in [1.807, 2.05) is 0 Å². The number of aliphatic carboxylic acids is 1. The molecule has 3 N–H and O–H groups in total. The molecule has 4 heteroatoms. The molecule has 1 aromatic carbocycles. The molecule has 0 heterocycles. The molecule has 2 fully saturated rings. The summed E-state index contributed by atoms with van der Waals surface area (Å²) in [6.45, 7) is 6.37. The largest absolute Gasteiger partial charge is 0.481 e. The highest BCUT2D eigenvalue weighted by molar-refractivity contribution is 5.73. The predicted molar refractivity (Wildman–Crippen MR) is 111 cm³/mol. The summed E-state index contributed by atoms with van der Waals surface area (Å²) >= 11 is 0. The Balaban J connectivity index is 1.38. The Morgan fingerprint density at radius 1 is 1.15 bits per heavy atom. The summed E-state index contributed by atoms with van der Waals surface area (Å²) in [7, 11) is 0. The molecule has 0 radical (unpaired) electrons. The van der Waals surface area contributed by atoms with E-state index >= 15 is 0 Å². The van der Waals surface area contributed by atoms with Gasteiger partial charge in [0, 0.05) is 24.7 Å². The van der Waals surface area contributed by atoms with E-state index in [4.69, 9.17) is 0 Å². The van der Waals surface area contributed by atoms with Crippen molar-refractivity contribution in [2.24, 2.45) is 11.3 Å². The lowest BCUT2D eigenvalue weighted by Crippen LogP contribution is -2.45. The van der Waals surface area contributed by atoms with Crippen LogP contribution in [0.25, 0.3) is 6.08 Å². The van der Waals surface area contributed by atoms with Gasteiger partial charge in [-0.2, -0.15) is 0 Å². The van der Waals surface area contributed by atoms with Crippen LogP contribution in [0.2, 0.25) is 0 Å². The molecule has 148 valence electrons. The molecule has 0 bridgehead atoms. The molecule has 27 heavy (non-hydrogen) atoms. The van der Waals surface area contributed by atoms with Crippen molar-refractivity contribution in [3.8, 4) is 0 Å². The van der Waals surface area contributed by atoms with Crippen molar-refractivity contribution >= 4 is 12.0 Å². The average molecular weight is 371 g/mol. The topological polar surface area (TPSA) is 61.4 Å². The average Bonchev–Trinajstić information content (AvgIpc) is 3.41. The maximum atomic E-state index is 11.2. The van der Waals surface area contributed by atoms with Crippen molar-refractivity contribution in [3.63, 3.8) is 0 Å². The number of carboxylic acid groups (broad SMARTS) is 1. The number of hydrogen-bond acceptors (Lipinski definition) is 3. The second-order valence-corrected chi connectivity index (χ2v) is 9.03. The third-order valence-electron chi connectivity index (χ3n) is 6.16. The lowest BCUT2D eigenvalue weighted by Gasteiger charge is -2.32. The summed E-state index contributed by atoms with van der Waals surface area (Å²) in [6.07, 6.45) is 8.18. The maximum absolute atomic E-state index is 11.2. The van der Waals surface area contributed by atoms with Gasteiger partial charge in [0.05, 0.1) is 5.41 Å². The van der Waals surface area contributed by atoms with Gasteiger partial charge < -0.3 is 15.7 Å². The minimum Gasteiger partial charge on any atom is -0.481 e. The summed E-state index contributed by atoms with van der Waals surface area (Å²) in [4.78, 5) is 11.2. The van der Waals surface area contributed by atoms with E-state index in [0.717, 1.165) is 12.8 Å². The van der Waals surface area contributed by atoms with E-state index < -0.39 is 11.4 Å². The highest BCUT2D eigenvalue weighted by Gasteiger charge is 2.39. The molecule has 0 amide bonds. The Labute approximate surface area is 163 Å². The molecule has 0 spiro atoms. The quantitative estimate of drug-likeness (QED) is 0.645. The Hall–Kier alpha value is -1.65. The number of nitrogens with one attached hydrogen (secondary N) is 2. The van der Waals surface area contributed by atoms with E-state index in [2.05, 4.69) is 54.0 Å². The maximum Gasteiger partial charge on any atom is 0.310 e. The van der Waals surface area contributed by atoms with Gasteiger partial charge in [-0.3, -0.25) is 4.79 Å². The van der Waals surface area contributed by atoms with Gasteiger partial charge in [-0.15, -0.1) is 0 Å². The van der Waals surface area contributed by atoms with E-state index in [1.165, 1.54) is 30.4 Å². The monoisotopic (exact) mass is 370 g/mol. The van der Waals surface area contributed by atoms with Crippen LogP contribution in [0.1, 0.15) is 58.4 Å². The van der Waals surface area contributed by atoms with Crippen LogP contribution in [0.5, 0.6) is 0 Å². The molecule has 3 rings (SSSR count). The van der Waals surface area contributed by atoms with E-state index in [1.54, 1.807) is 13.8 Å². The van der Waals surface area contributed by atoms with Gasteiger partial charge in [-0.1, -0.05) is 42.0 Å². The third-order valence-corrected chi connectivity index (χ3v) is 6.16. The van der Waals surface area contributed by atoms with Crippen molar-refractivity contribution in [2.75, 3.05) is 6.54 Å². The highest BCUT2D eigenvalue weighted by Crippen LogP contribution is 2.39. The first-order chi connectivity index (χ1) is 12.8. The lowest BCUT2D eigenvalue weighted by molar-refractivity contribution is -0.146. The normalized spacial score (nSPS) is 28.8. The SMILES string of the molecule is C/C(=C\c1ccccc1)[C@@H]1CC1N[C@H]1CC[C@@H](NCC(C)(C)C(=O)O)CC1. The summed E-state index contributed by atoms with van der Waals surface area (Å²) in [5.41, 5.74) is 2.07. The van der Waals surface area contributed by atoms with E-state index in [-0.39, 0.29) is 0 Å². The summed E-state index contributed by atoms with van der Waals surface area (Å²) in [6, 6.07) is 12.2. The zero-order valence-electron chi connectivity index (χ0n) is 16.9. The first-order valence-corrected chi connectivity index (χ1v) is 10.3. The minimum absolute atomic E-state index is 0.455. The van der Waals surface area contributed by atoms with Crippen LogP contribution in [0.15, 0.2) is 35.9 Å². The van der Waals surface area contributed by atoms with Gasteiger partial charge in [0.2, 0.25) is 0 Å². The van der Waals surface area contributed by atoms with Gasteiger partial charge >= 0.3 is 5.97 Å². The first-order valence-electron chi connectivity index (χ1n) is 10.3. The molecule has 0 aromatic heterocycles. The van der Waals surface area contributed by atoms with Crippen LogP contribution >= 0.6 is 0 Å². The van der Waals surface area contributed by atoms with Crippen molar-refractivity contribution in [1.82, 2.24) is 10.6 Å². The summed E-state index contributed by atoms with van der Waals surface area (Å²) < 4.78 is 0. The van der Waals surface area contributed by atoms with E-state index in [9.17, 15) is 9.90 Å². The second kappa shape index (κ2) is 8.57. The van der Waals surface area contributed by atoms with Crippen molar-refractivity contribution in [1.29, 1.82) is 0 Å². The Morgan fingerprint density at radius 2 is 1.78 bits per heavy atom. The zero-order chi connectivity index (χ0) is 19.4. The summed E-state index contributed by atoms with van der Waals surface area (Å²) in [5, 5.41) is 16.6. The molecule has 2 aliphatic carbocycles. The zero-order valence-corrected chi connectivity index (χ0v) is 16.9. The van der Waals surface area contributed by atoms with Crippen molar-refractivity contribution in [3.05, 3.63) is 41.5 Å².